The van der Waals surface area contributed by atoms with E-state index in [0.717, 1.165) is 0 Å². The summed E-state index contributed by atoms with van der Waals surface area (Å²) in [5.74, 6) is -0.690. The van der Waals surface area contributed by atoms with Gasteiger partial charge in [-0.2, -0.15) is 0 Å². The van der Waals surface area contributed by atoms with Gasteiger partial charge in [0, 0.05) is 0 Å². The molecular weight excluding hydrogens is 216 g/mol. The topological polar surface area (TPSA) is 46.5 Å². The number of hydrogen-bond acceptors (Lipinski definition) is 3. The maximum atomic E-state index is 11.8. The lowest BCUT2D eigenvalue weighted by Crippen LogP contribution is -2.35. The fourth-order valence-electron chi connectivity index (χ4n) is 1.42. The van der Waals surface area contributed by atoms with Gasteiger partial charge in [-0.25, -0.2) is 4.79 Å². The predicted octanol–water partition coefficient (Wildman–Crippen LogP) is 2.18. The quantitative estimate of drug-likeness (QED) is 0.625. The summed E-state index contributed by atoms with van der Waals surface area (Å²) in [6.45, 7) is 5.43. The van der Waals surface area contributed by atoms with E-state index in [1.54, 1.807) is 31.2 Å². The summed E-state index contributed by atoms with van der Waals surface area (Å²) < 4.78 is 4.88. The molecule has 0 bridgehead atoms. The molecule has 1 rings (SSSR count). The van der Waals surface area contributed by atoms with Gasteiger partial charge >= 0.3 is 5.97 Å². The molecule has 0 spiro atoms. The monoisotopic (exact) mass is 232 g/mol. The first-order valence-electron chi connectivity index (χ1n) is 5.40. The molecule has 0 amide bonds. The third-order valence-electron chi connectivity index (χ3n) is 2.27. The average Bonchev–Trinajstić information content (AvgIpc) is 2.37. The van der Waals surface area contributed by atoms with Crippen molar-refractivity contribution in [3.63, 3.8) is 0 Å². The minimum Gasteiger partial charge on any atom is -0.463 e. The summed E-state index contributed by atoms with van der Waals surface area (Å²) in [6.07, 6.45) is 4.38. The van der Waals surface area contributed by atoms with Crippen LogP contribution in [0.25, 0.3) is 0 Å². The van der Waals surface area contributed by atoms with E-state index < -0.39 is 11.6 Å². The first-order valence-corrected chi connectivity index (χ1v) is 5.40. The molecule has 1 unspecified atom stereocenters. The lowest BCUT2D eigenvalue weighted by molar-refractivity contribution is -0.160. The van der Waals surface area contributed by atoms with Crippen LogP contribution >= 0.6 is 0 Å². The van der Waals surface area contributed by atoms with E-state index in [1.807, 2.05) is 6.07 Å². The van der Waals surface area contributed by atoms with Crippen LogP contribution < -0.4 is 0 Å². The van der Waals surface area contributed by atoms with Gasteiger partial charge in [0.15, 0.2) is 0 Å². The van der Waals surface area contributed by atoms with Gasteiger partial charge in [-0.3, -0.25) is 0 Å². The Morgan fingerprint density at radius 2 is 2.12 bits per heavy atom. The summed E-state index contributed by atoms with van der Waals surface area (Å²) >= 11 is 0. The van der Waals surface area contributed by atoms with E-state index in [2.05, 4.69) is 6.58 Å². The zero-order chi connectivity index (χ0) is 12.7. The zero-order valence-electron chi connectivity index (χ0n) is 9.80. The molecule has 17 heavy (non-hydrogen) atoms. The van der Waals surface area contributed by atoms with Crippen molar-refractivity contribution in [2.24, 2.45) is 0 Å². The van der Waals surface area contributed by atoms with Gasteiger partial charge in [-0.1, -0.05) is 49.1 Å². The Morgan fingerprint density at radius 3 is 2.65 bits per heavy atom. The molecule has 0 aliphatic carbocycles. The van der Waals surface area contributed by atoms with Crippen molar-refractivity contribution >= 4 is 5.97 Å². The van der Waals surface area contributed by atoms with Crippen LogP contribution in [0.3, 0.4) is 0 Å². The fraction of sp³-hybridized carbons (Fsp3) is 0.214. The van der Waals surface area contributed by atoms with Crippen LogP contribution in [-0.4, -0.2) is 17.7 Å². The molecule has 3 nitrogen and oxygen atoms in total. The third kappa shape index (κ3) is 3.04. The van der Waals surface area contributed by atoms with Gasteiger partial charge in [0.1, 0.15) is 0 Å². The summed E-state index contributed by atoms with van der Waals surface area (Å²) in [6, 6.07) is 8.66. The van der Waals surface area contributed by atoms with Crippen molar-refractivity contribution in [3.05, 3.63) is 60.7 Å². The molecule has 0 fully saturated rings. The first-order chi connectivity index (χ1) is 8.15. The maximum absolute atomic E-state index is 11.8. The van der Waals surface area contributed by atoms with Crippen LogP contribution in [-0.2, 0) is 15.1 Å². The van der Waals surface area contributed by atoms with E-state index >= 15 is 0 Å². The van der Waals surface area contributed by atoms with Crippen LogP contribution in [0, 0.1) is 0 Å². The Morgan fingerprint density at radius 1 is 1.47 bits per heavy atom. The standard InChI is InChI=1S/C14H16O3/c1-3-5-11-14(16,13(15)17-4-2)12-9-7-6-8-10-12/h3,5-11,16H,1,4H2,2H3/b11-5+. The van der Waals surface area contributed by atoms with Crippen LogP contribution in [0.4, 0.5) is 0 Å². The number of rotatable bonds is 5. The SMILES string of the molecule is C=C/C=C/C(O)(C(=O)OCC)c1ccccc1. The number of ether oxygens (including phenoxy) is 1. The summed E-state index contributed by atoms with van der Waals surface area (Å²) in [5.41, 5.74) is -1.29. The van der Waals surface area contributed by atoms with Crippen LogP contribution in [0.15, 0.2) is 55.1 Å². The normalized spacial score (nSPS) is 14.2. The smallest absolute Gasteiger partial charge is 0.347 e. The van der Waals surface area contributed by atoms with Gasteiger partial charge < -0.3 is 9.84 Å². The summed E-state index contributed by atoms with van der Waals surface area (Å²) in [7, 11) is 0. The van der Waals surface area contributed by atoms with Crippen molar-refractivity contribution in [2.75, 3.05) is 6.61 Å². The molecule has 0 saturated carbocycles. The highest BCUT2D eigenvalue weighted by Crippen LogP contribution is 2.24. The third-order valence-corrected chi connectivity index (χ3v) is 2.27. The molecule has 0 radical (unpaired) electrons. The Balaban J connectivity index is 3.14. The first kappa shape index (κ1) is 13.2. The molecule has 0 aliphatic heterocycles. The molecule has 1 N–H and O–H groups in total. The van der Waals surface area contributed by atoms with Gasteiger partial charge in [-0.05, 0) is 18.6 Å². The molecule has 90 valence electrons. The molecule has 1 aromatic rings. The highest BCUT2D eigenvalue weighted by Gasteiger charge is 2.36. The van der Waals surface area contributed by atoms with Gasteiger partial charge in [0.05, 0.1) is 6.61 Å². The van der Waals surface area contributed by atoms with E-state index in [9.17, 15) is 9.90 Å². The minimum atomic E-state index is -1.76. The van der Waals surface area contributed by atoms with Gasteiger partial charge in [0.25, 0.3) is 0 Å². The molecule has 3 heteroatoms. The molecule has 1 aromatic carbocycles. The number of hydrogen-bond donors (Lipinski definition) is 1. The van der Waals surface area contributed by atoms with Crippen molar-refractivity contribution in [1.29, 1.82) is 0 Å². The fourth-order valence-corrected chi connectivity index (χ4v) is 1.42. The minimum absolute atomic E-state index is 0.218. The zero-order valence-corrected chi connectivity index (χ0v) is 9.80. The summed E-state index contributed by atoms with van der Waals surface area (Å²) in [5, 5.41) is 10.4. The van der Waals surface area contributed by atoms with Crippen molar-refractivity contribution < 1.29 is 14.6 Å². The Bertz CT molecular complexity index is 409. The lowest BCUT2D eigenvalue weighted by Gasteiger charge is -2.22. The van der Waals surface area contributed by atoms with Crippen LogP contribution in [0.1, 0.15) is 12.5 Å². The Kier molecular flexibility index (Phi) is 4.67. The van der Waals surface area contributed by atoms with Gasteiger partial charge in [0.2, 0.25) is 5.60 Å². The Hall–Kier alpha value is -1.87. The second-order valence-electron chi connectivity index (χ2n) is 3.45. The molecule has 0 saturated heterocycles. The number of aliphatic hydroxyl groups is 1. The van der Waals surface area contributed by atoms with E-state index in [4.69, 9.17) is 4.74 Å². The second kappa shape index (κ2) is 6.01. The Labute approximate surface area is 101 Å². The van der Waals surface area contributed by atoms with Crippen LogP contribution in [0.5, 0.6) is 0 Å². The molecule has 0 heterocycles. The molecular formula is C14H16O3. The second-order valence-corrected chi connectivity index (χ2v) is 3.45. The average molecular weight is 232 g/mol. The number of benzene rings is 1. The summed E-state index contributed by atoms with van der Waals surface area (Å²) in [4.78, 5) is 11.8. The highest BCUT2D eigenvalue weighted by atomic mass is 16.5. The van der Waals surface area contributed by atoms with E-state index in [1.165, 1.54) is 18.2 Å². The van der Waals surface area contributed by atoms with E-state index in [0.29, 0.717) is 5.56 Å². The van der Waals surface area contributed by atoms with Crippen molar-refractivity contribution in [2.45, 2.75) is 12.5 Å². The van der Waals surface area contributed by atoms with Crippen molar-refractivity contribution in [3.8, 4) is 0 Å². The van der Waals surface area contributed by atoms with Gasteiger partial charge in [-0.15, -0.1) is 0 Å². The lowest BCUT2D eigenvalue weighted by atomic mass is 9.93. The predicted molar refractivity (Wildman–Crippen MR) is 66.3 cm³/mol. The largest absolute Gasteiger partial charge is 0.463 e. The molecule has 0 aromatic heterocycles. The maximum Gasteiger partial charge on any atom is 0.347 e. The molecule has 1 atom stereocenters. The number of allylic oxidation sites excluding steroid dienone is 2. The number of carbonyl (C=O) groups is 1. The number of esters is 1. The van der Waals surface area contributed by atoms with Crippen molar-refractivity contribution in [1.82, 2.24) is 0 Å². The van der Waals surface area contributed by atoms with E-state index in [-0.39, 0.29) is 6.61 Å². The van der Waals surface area contributed by atoms with Crippen LogP contribution in [0.2, 0.25) is 0 Å². The number of carbonyl (C=O) groups excluding carboxylic acids is 1. The highest BCUT2D eigenvalue weighted by molar-refractivity contribution is 5.83. The molecule has 0 aliphatic rings.